The fourth-order valence-corrected chi connectivity index (χ4v) is 3.40. The van der Waals surface area contributed by atoms with E-state index >= 15 is 0 Å². The molecule has 0 saturated heterocycles. The molecule has 0 fully saturated rings. The summed E-state index contributed by atoms with van der Waals surface area (Å²) in [5.74, 6) is -0.298. The van der Waals surface area contributed by atoms with E-state index in [0.29, 0.717) is 0 Å². The third-order valence-corrected chi connectivity index (χ3v) is 5.94. The van der Waals surface area contributed by atoms with E-state index in [9.17, 15) is 4.79 Å². The van der Waals surface area contributed by atoms with E-state index in [2.05, 4.69) is 55.0 Å². The van der Waals surface area contributed by atoms with Crippen molar-refractivity contribution in [3.8, 4) is 0 Å². The highest BCUT2D eigenvalue weighted by atomic mass is 28.3. The van der Waals surface area contributed by atoms with Crippen molar-refractivity contribution in [2.75, 3.05) is 13.2 Å². The molecule has 0 unspecified atom stereocenters. The van der Waals surface area contributed by atoms with E-state index in [-0.39, 0.29) is 12.1 Å². The molecular formula is C22H31NO3Si. The van der Waals surface area contributed by atoms with Crippen LogP contribution in [0, 0.1) is 0 Å². The van der Waals surface area contributed by atoms with Crippen LogP contribution in [0.15, 0.2) is 36.4 Å². The second kappa shape index (κ2) is 9.81. The molecule has 0 amide bonds. The Bertz CT molecular complexity index is 796. The fourth-order valence-electron chi connectivity index (χ4n) is 2.64. The van der Waals surface area contributed by atoms with Gasteiger partial charge in [-0.1, -0.05) is 50.0 Å². The number of nitrogens with zero attached hydrogens (tertiary/aromatic N) is 1. The van der Waals surface area contributed by atoms with Crippen LogP contribution in [0.4, 0.5) is 0 Å². The first-order valence-corrected chi connectivity index (χ1v) is 13.3. The van der Waals surface area contributed by atoms with E-state index in [1.54, 1.807) is 0 Å². The Kier molecular flexibility index (Phi) is 7.74. The molecule has 4 nitrogen and oxygen atoms in total. The van der Waals surface area contributed by atoms with Crippen LogP contribution in [0.2, 0.25) is 25.7 Å². The second-order valence-corrected chi connectivity index (χ2v) is 13.7. The van der Waals surface area contributed by atoms with Crippen molar-refractivity contribution in [3.63, 3.8) is 0 Å². The predicted molar refractivity (Wildman–Crippen MR) is 115 cm³/mol. The normalized spacial score (nSPS) is 13.2. The summed E-state index contributed by atoms with van der Waals surface area (Å²) in [6.45, 7) is 12.0. The quantitative estimate of drug-likeness (QED) is 0.319. The average molecular weight is 386 g/mol. The molecule has 0 spiro atoms. The van der Waals surface area contributed by atoms with Gasteiger partial charge >= 0.3 is 5.97 Å². The molecule has 146 valence electrons. The van der Waals surface area contributed by atoms with Crippen LogP contribution in [0.5, 0.6) is 0 Å². The monoisotopic (exact) mass is 385 g/mol. The Labute approximate surface area is 163 Å². The van der Waals surface area contributed by atoms with Crippen molar-refractivity contribution in [2.45, 2.75) is 52.1 Å². The highest BCUT2D eigenvalue weighted by Crippen LogP contribution is 2.21. The lowest BCUT2D eigenvalue weighted by molar-refractivity contribution is -0.145. The van der Waals surface area contributed by atoms with Gasteiger partial charge in [0.1, 0.15) is 6.10 Å². The summed E-state index contributed by atoms with van der Waals surface area (Å²) < 4.78 is 10.9. The topological polar surface area (TPSA) is 48.4 Å². The van der Waals surface area contributed by atoms with E-state index in [4.69, 9.17) is 9.47 Å². The molecule has 27 heavy (non-hydrogen) atoms. The molecule has 0 aliphatic heterocycles. The van der Waals surface area contributed by atoms with E-state index in [1.165, 1.54) is 13.0 Å². The van der Waals surface area contributed by atoms with Crippen LogP contribution >= 0.6 is 0 Å². The number of aromatic nitrogens is 1. The van der Waals surface area contributed by atoms with Crippen LogP contribution in [0.3, 0.4) is 0 Å². The molecule has 5 heteroatoms. The Morgan fingerprint density at radius 1 is 1.19 bits per heavy atom. The minimum absolute atomic E-state index is 0.298. The lowest BCUT2D eigenvalue weighted by Gasteiger charge is -2.14. The standard InChI is InChI=1S/C22H31NO3Si/c1-17(26-18(2)24)21-12-11-20-10-9-19(16-22(20)23-21)8-6-7-13-25-14-15-27(3,4)5/h6,8-12,16-17H,7,13-15H2,1-5H3/b8-6+/t17-/m1/s1. The van der Waals surface area contributed by atoms with Crippen LogP contribution in [-0.2, 0) is 14.3 Å². The Hall–Kier alpha value is -1.98. The van der Waals surface area contributed by atoms with Gasteiger partial charge in [-0.2, -0.15) is 0 Å². The van der Waals surface area contributed by atoms with Gasteiger partial charge in [0.15, 0.2) is 0 Å². The molecule has 1 atom stereocenters. The van der Waals surface area contributed by atoms with Gasteiger partial charge in [-0.25, -0.2) is 4.98 Å². The van der Waals surface area contributed by atoms with Crippen molar-refractivity contribution in [1.29, 1.82) is 0 Å². The SMILES string of the molecule is CC(=O)O[C@H](C)c1ccc2ccc(/C=C/CCOCC[Si](C)(C)C)cc2n1. The highest BCUT2D eigenvalue weighted by molar-refractivity contribution is 6.76. The summed E-state index contributed by atoms with van der Waals surface area (Å²) in [6, 6.07) is 11.3. The molecule has 1 aromatic carbocycles. The van der Waals surface area contributed by atoms with E-state index < -0.39 is 8.07 Å². The maximum atomic E-state index is 11.1. The number of pyridine rings is 1. The lowest BCUT2D eigenvalue weighted by Crippen LogP contribution is -2.21. The molecule has 0 bridgehead atoms. The molecule has 1 heterocycles. The molecule has 0 aliphatic rings. The predicted octanol–water partition coefficient (Wildman–Crippen LogP) is 5.62. The molecular weight excluding hydrogens is 354 g/mol. The zero-order valence-electron chi connectivity index (χ0n) is 17.1. The zero-order chi connectivity index (χ0) is 19.9. The summed E-state index contributed by atoms with van der Waals surface area (Å²) in [4.78, 5) is 15.8. The zero-order valence-corrected chi connectivity index (χ0v) is 18.1. The molecule has 1 aromatic heterocycles. The highest BCUT2D eigenvalue weighted by Gasteiger charge is 2.12. The summed E-state index contributed by atoms with van der Waals surface area (Å²) >= 11 is 0. The molecule has 2 rings (SSSR count). The number of esters is 1. The van der Waals surface area contributed by atoms with Gasteiger partial charge in [-0.15, -0.1) is 0 Å². The number of carbonyl (C=O) groups excluding carboxylic acids is 1. The summed E-state index contributed by atoms with van der Waals surface area (Å²) in [5, 5.41) is 1.07. The molecule has 0 saturated carbocycles. The second-order valence-electron chi connectivity index (χ2n) is 8.05. The van der Waals surface area contributed by atoms with Gasteiger partial charge in [-0.05, 0) is 37.1 Å². The van der Waals surface area contributed by atoms with Gasteiger partial charge in [0.05, 0.1) is 11.2 Å². The number of carbonyl (C=O) groups is 1. The Morgan fingerprint density at radius 2 is 1.93 bits per heavy atom. The van der Waals surface area contributed by atoms with Gasteiger partial charge in [0.2, 0.25) is 0 Å². The molecule has 0 radical (unpaired) electrons. The Balaban J connectivity index is 1.93. The minimum Gasteiger partial charge on any atom is -0.456 e. The van der Waals surface area contributed by atoms with Crippen molar-refractivity contribution in [2.24, 2.45) is 0 Å². The smallest absolute Gasteiger partial charge is 0.303 e. The minimum atomic E-state index is -1.00. The number of benzene rings is 1. The largest absolute Gasteiger partial charge is 0.456 e. The van der Waals surface area contributed by atoms with Crippen molar-refractivity contribution in [1.82, 2.24) is 4.98 Å². The number of hydrogen-bond acceptors (Lipinski definition) is 4. The van der Waals surface area contributed by atoms with Gasteiger partial charge in [-0.3, -0.25) is 4.79 Å². The van der Waals surface area contributed by atoms with Gasteiger partial charge in [0.25, 0.3) is 0 Å². The summed E-state index contributed by atoms with van der Waals surface area (Å²) in [5.41, 5.74) is 2.77. The first kappa shape index (κ1) is 21.3. The van der Waals surface area contributed by atoms with Crippen molar-refractivity contribution >= 4 is 31.0 Å². The molecule has 2 aromatic rings. The molecule has 0 N–H and O–H groups in total. The van der Waals surface area contributed by atoms with Gasteiger partial charge < -0.3 is 9.47 Å². The first-order chi connectivity index (χ1) is 12.7. The number of fused-ring (bicyclic) bond motifs is 1. The van der Waals surface area contributed by atoms with Crippen molar-refractivity contribution < 1.29 is 14.3 Å². The number of rotatable bonds is 9. The van der Waals surface area contributed by atoms with E-state index in [1.807, 2.05) is 19.1 Å². The van der Waals surface area contributed by atoms with Crippen molar-refractivity contribution in [3.05, 3.63) is 47.7 Å². The fraction of sp³-hybridized carbons (Fsp3) is 0.455. The number of hydrogen-bond donors (Lipinski definition) is 0. The summed E-state index contributed by atoms with van der Waals surface area (Å²) in [6.07, 6.45) is 4.80. The number of ether oxygens (including phenoxy) is 2. The lowest BCUT2D eigenvalue weighted by atomic mass is 10.1. The maximum absolute atomic E-state index is 11.1. The third-order valence-electron chi connectivity index (χ3n) is 4.23. The van der Waals surface area contributed by atoms with Gasteiger partial charge in [0, 0.05) is 33.6 Å². The maximum Gasteiger partial charge on any atom is 0.303 e. The van der Waals surface area contributed by atoms with Crippen LogP contribution in [0.25, 0.3) is 17.0 Å². The Morgan fingerprint density at radius 3 is 2.63 bits per heavy atom. The van der Waals surface area contributed by atoms with Crippen LogP contribution in [-0.4, -0.2) is 32.2 Å². The van der Waals surface area contributed by atoms with Crippen LogP contribution < -0.4 is 0 Å². The third kappa shape index (κ3) is 7.65. The molecule has 0 aliphatic carbocycles. The van der Waals surface area contributed by atoms with E-state index in [0.717, 1.165) is 41.8 Å². The first-order valence-electron chi connectivity index (χ1n) is 9.57. The van der Waals surface area contributed by atoms with Crippen LogP contribution in [0.1, 0.15) is 37.6 Å². The summed E-state index contributed by atoms with van der Waals surface area (Å²) in [7, 11) is -1.00. The average Bonchev–Trinajstić information content (AvgIpc) is 2.58.